The fraction of sp³-hybridized carbons (Fsp3) is 0.361. The average Bonchev–Trinajstić information content (AvgIpc) is 3.76. The van der Waals surface area contributed by atoms with Crippen molar-refractivity contribution in [3.8, 4) is 5.75 Å². The number of carbonyl (C=O) groups excluding carboxylic acids is 1. The Bertz CT molecular complexity index is 2110. The number of nitrogens with one attached hydrogen (secondary N) is 5. The summed E-state index contributed by atoms with van der Waals surface area (Å²) < 4.78 is 36.6. The van der Waals surface area contributed by atoms with Gasteiger partial charge < -0.3 is 25.7 Å². The molecule has 2 amide bonds. The first-order valence-electron chi connectivity index (χ1n) is 16.7. The molecule has 0 saturated heterocycles. The van der Waals surface area contributed by atoms with Gasteiger partial charge in [-0.3, -0.25) is 4.98 Å². The van der Waals surface area contributed by atoms with Crippen molar-refractivity contribution < 1.29 is 17.9 Å². The minimum atomic E-state index is -3.88. The number of imidazole rings is 1. The maximum Gasteiger partial charge on any atom is 0.315 e. The van der Waals surface area contributed by atoms with Crippen LogP contribution in [0.25, 0.3) is 21.8 Å². The van der Waals surface area contributed by atoms with E-state index in [1.54, 1.807) is 6.07 Å². The summed E-state index contributed by atoms with van der Waals surface area (Å²) >= 11 is 0. The molecule has 3 atom stereocenters. The molecule has 0 spiro atoms. The van der Waals surface area contributed by atoms with Crippen molar-refractivity contribution in [1.82, 2.24) is 30.3 Å². The molecule has 8 rings (SSSR count). The van der Waals surface area contributed by atoms with Gasteiger partial charge in [0.05, 0.1) is 34.1 Å². The molecule has 1 fully saturated rings. The minimum absolute atomic E-state index is 0.135. The topological polar surface area (TPSA) is 150 Å². The minimum Gasteiger partial charge on any atom is -0.491 e. The van der Waals surface area contributed by atoms with Crippen LogP contribution >= 0.6 is 0 Å². The van der Waals surface area contributed by atoms with Crippen molar-refractivity contribution in [2.75, 3.05) is 18.5 Å². The number of aromatic amines is 1. The third kappa shape index (κ3) is 5.94. The number of fused-ring (bicyclic) bond motifs is 5. The Balaban J connectivity index is 1.17. The standard InChI is InChI=1S/C36H39N7O4S/c1-20(2)17-38-48(45,46)33-15-25-30(43-36(44)39-23-13-22-7-3-6-10-32(22)47-19-23)16-31(42-35-40-27-8-4-5-9-28(27)41-35)34(25)26-18-37-29(14-24(26)33)21-11-12-21/h3-10,14-15,18,20-21,23,30-31,38H,11-13,16-17,19H2,1-2H3,(H2,39,43,44)(H2,40,41,42)/t23?,30-,31-/m1/s1. The van der Waals surface area contributed by atoms with Crippen LogP contribution in [-0.2, 0) is 16.4 Å². The lowest BCUT2D eigenvalue weighted by atomic mass is 9.98. The number of rotatable bonds is 9. The summed E-state index contributed by atoms with van der Waals surface area (Å²) in [6, 6.07) is 18.0. The Kier molecular flexibility index (Phi) is 7.72. The Labute approximate surface area is 279 Å². The molecular weight excluding hydrogens is 627 g/mol. The first kappa shape index (κ1) is 30.6. The predicted octanol–water partition coefficient (Wildman–Crippen LogP) is 5.82. The largest absolute Gasteiger partial charge is 0.491 e. The van der Waals surface area contributed by atoms with Crippen LogP contribution in [0, 0.1) is 5.92 Å². The Hall–Kier alpha value is -4.68. The summed E-state index contributed by atoms with van der Waals surface area (Å²) in [6.07, 6.45) is 5.05. The van der Waals surface area contributed by atoms with Gasteiger partial charge in [0.1, 0.15) is 12.4 Å². The maximum atomic E-state index is 13.9. The summed E-state index contributed by atoms with van der Waals surface area (Å²) in [5.41, 5.74) is 5.34. The number of sulfonamides is 1. The Morgan fingerprint density at radius 3 is 2.65 bits per heavy atom. The zero-order valence-corrected chi connectivity index (χ0v) is 27.7. The smallest absolute Gasteiger partial charge is 0.315 e. The molecule has 3 aliphatic rings. The van der Waals surface area contributed by atoms with Crippen LogP contribution < -0.4 is 25.4 Å². The number of anilines is 1. The quantitative estimate of drug-likeness (QED) is 0.133. The van der Waals surface area contributed by atoms with E-state index in [9.17, 15) is 13.2 Å². The predicted molar refractivity (Wildman–Crippen MR) is 185 cm³/mol. The van der Waals surface area contributed by atoms with Crippen molar-refractivity contribution in [1.29, 1.82) is 0 Å². The van der Waals surface area contributed by atoms with Gasteiger partial charge in [0, 0.05) is 35.1 Å². The molecule has 3 heterocycles. The van der Waals surface area contributed by atoms with Crippen LogP contribution in [0.1, 0.15) is 73.5 Å². The van der Waals surface area contributed by atoms with Gasteiger partial charge in [-0.15, -0.1) is 0 Å². The molecule has 48 heavy (non-hydrogen) atoms. The summed E-state index contributed by atoms with van der Waals surface area (Å²) in [6.45, 7) is 4.63. The first-order valence-corrected chi connectivity index (χ1v) is 18.2. The van der Waals surface area contributed by atoms with E-state index in [2.05, 4.69) is 25.7 Å². The van der Waals surface area contributed by atoms with Crippen molar-refractivity contribution >= 4 is 43.8 Å². The number of carbonyl (C=O) groups is 1. The van der Waals surface area contributed by atoms with Gasteiger partial charge in [-0.2, -0.15) is 0 Å². The first-order chi connectivity index (χ1) is 23.2. The number of pyridine rings is 1. The highest BCUT2D eigenvalue weighted by atomic mass is 32.2. The monoisotopic (exact) mass is 665 g/mol. The molecule has 2 aromatic heterocycles. The van der Waals surface area contributed by atoms with E-state index in [1.165, 1.54) is 0 Å². The highest BCUT2D eigenvalue weighted by Crippen LogP contribution is 2.47. The number of benzene rings is 3. The molecular formula is C36H39N7O4S. The van der Waals surface area contributed by atoms with Gasteiger partial charge in [-0.25, -0.2) is 22.9 Å². The van der Waals surface area contributed by atoms with Gasteiger partial charge in [-0.05, 0) is 78.6 Å². The van der Waals surface area contributed by atoms with Crippen molar-refractivity contribution in [2.45, 2.75) is 68.5 Å². The summed E-state index contributed by atoms with van der Waals surface area (Å²) in [4.78, 5) is 26.7. The Morgan fingerprint density at radius 1 is 1.02 bits per heavy atom. The molecule has 2 aliphatic carbocycles. The van der Waals surface area contributed by atoms with E-state index < -0.39 is 16.1 Å². The third-order valence-corrected chi connectivity index (χ3v) is 10.9. The van der Waals surface area contributed by atoms with Gasteiger partial charge in [-0.1, -0.05) is 44.2 Å². The lowest BCUT2D eigenvalue weighted by Gasteiger charge is -2.27. The van der Waals surface area contributed by atoms with Crippen LogP contribution in [0.15, 0.2) is 71.8 Å². The van der Waals surface area contributed by atoms with Crippen LogP contribution in [0.2, 0.25) is 0 Å². The molecule has 3 aromatic carbocycles. The van der Waals surface area contributed by atoms with E-state index in [1.807, 2.05) is 74.6 Å². The fourth-order valence-corrected chi connectivity index (χ4v) is 8.39. The van der Waals surface area contributed by atoms with Gasteiger partial charge in [0.2, 0.25) is 16.0 Å². The van der Waals surface area contributed by atoms with E-state index in [-0.39, 0.29) is 28.9 Å². The number of nitrogens with zero attached hydrogens (tertiary/aromatic N) is 2. The number of amides is 2. The molecule has 12 heteroatoms. The molecule has 5 N–H and O–H groups in total. The van der Waals surface area contributed by atoms with Crippen molar-refractivity contribution in [2.24, 2.45) is 5.92 Å². The molecule has 248 valence electrons. The number of H-pyrrole nitrogens is 1. The zero-order valence-electron chi connectivity index (χ0n) is 26.9. The molecule has 1 saturated carbocycles. The van der Waals surface area contributed by atoms with Crippen LogP contribution in [0.3, 0.4) is 0 Å². The highest BCUT2D eigenvalue weighted by Gasteiger charge is 2.38. The molecule has 1 unspecified atom stereocenters. The number of hydrogen-bond acceptors (Lipinski definition) is 7. The zero-order chi connectivity index (χ0) is 33.0. The van der Waals surface area contributed by atoms with Crippen molar-refractivity contribution in [3.63, 3.8) is 0 Å². The fourth-order valence-electron chi connectivity index (χ4n) is 6.94. The summed E-state index contributed by atoms with van der Waals surface area (Å²) in [5, 5.41) is 11.2. The molecule has 1 aliphatic heterocycles. The average molecular weight is 666 g/mol. The summed E-state index contributed by atoms with van der Waals surface area (Å²) in [7, 11) is -3.88. The molecule has 0 radical (unpaired) electrons. The van der Waals surface area contributed by atoms with E-state index in [4.69, 9.17) is 14.7 Å². The number of aromatic nitrogens is 3. The van der Waals surface area contributed by atoms with Crippen LogP contribution in [-0.4, -0.2) is 48.6 Å². The second kappa shape index (κ2) is 12.1. The number of ether oxygens (including phenoxy) is 1. The second-order valence-corrected chi connectivity index (χ2v) is 15.3. The lowest BCUT2D eigenvalue weighted by Crippen LogP contribution is -2.47. The van der Waals surface area contributed by atoms with Crippen LogP contribution in [0.4, 0.5) is 10.7 Å². The van der Waals surface area contributed by atoms with E-state index in [0.29, 0.717) is 43.2 Å². The second-order valence-electron chi connectivity index (χ2n) is 13.6. The lowest BCUT2D eigenvalue weighted by molar-refractivity contribution is 0.211. The SMILES string of the molecule is CC(C)CNS(=O)(=O)c1cc2c(c3cnc(C4CC4)cc13)[C@H](Nc1nc3ccccc3[nH]1)C[C@H]2NC(=O)NC1COc2ccccc2C1. The Morgan fingerprint density at radius 2 is 1.83 bits per heavy atom. The van der Waals surface area contributed by atoms with Gasteiger partial charge >= 0.3 is 6.03 Å². The maximum absolute atomic E-state index is 13.9. The number of hydrogen-bond donors (Lipinski definition) is 5. The summed E-state index contributed by atoms with van der Waals surface area (Å²) in [5.74, 6) is 1.92. The molecule has 0 bridgehead atoms. The highest BCUT2D eigenvalue weighted by molar-refractivity contribution is 7.89. The van der Waals surface area contributed by atoms with Gasteiger partial charge in [0.15, 0.2) is 0 Å². The van der Waals surface area contributed by atoms with E-state index in [0.717, 1.165) is 57.4 Å². The molecule has 5 aromatic rings. The van der Waals surface area contributed by atoms with E-state index >= 15 is 0 Å². The molecule has 11 nitrogen and oxygen atoms in total. The van der Waals surface area contributed by atoms with Crippen molar-refractivity contribution in [3.05, 3.63) is 89.2 Å². The van der Waals surface area contributed by atoms with Crippen LogP contribution in [0.5, 0.6) is 5.75 Å². The number of urea groups is 1. The van der Waals surface area contributed by atoms with Gasteiger partial charge in [0.25, 0.3) is 0 Å². The normalized spacial score (nSPS) is 20.4. The third-order valence-electron chi connectivity index (χ3n) is 9.46. The number of para-hydroxylation sites is 3.